The Bertz CT molecular complexity index is 879. The highest BCUT2D eigenvalue weighted by Crippen LogP contribution is 2.61. The molecule has 1 heterocycles. The number of hydrogen-bond donors (Lipinski definition) is 2. The Morgan fingerprint density at radius 2 is 1.69 bits per heavy atom. The molecular formula is C26H35N3O3. The maximum Gasteiger partial charge on any atom is 0.325 e. The maximum absolute atomic E-state index is 13.4. The van der Waals surface area contributed by atoms with Crippen molar-refractivity contribution < 1.29 is 14.4 Å². The summed E-state index contributed by atoms with van der Waals surface area (Å²) >= 11 is 0. The third-order valence-corrected chi connectivity index (χ3v) is 8.75. The molecule has 4 aliphatic carbocycles. The molecule has 2 N–H and O–H groups in total. The molecule has 1 saturated heterocycles. The van der Waals surface area contributed by atoms with Crippen LogP contribution in [0, 0.1) is 23.2 Å². The van der Waals surface area contributed by atoms with Crippen molar-refractivity contribution in [3.63, 3.8) is 0 Å². The van der Waals surface area contributed by atoms with Gasteiger partial charge in [0.15, 0.2) is 0 Å². The summed E-state index contributed by atoms with van der Waals surface area (Å²) < 4.78 is 0. The van der Waals surface area contributed by atoms with E-state index in [1.165, 1.54) is 38.5 Å². The summed E-state index contributed by atoms with van der Waals surface area (Å²) in [5.74, 6) is 1.87. The number of nitrogens with one attached hydrogen (secondary N) is 2. The van der Waals surface area contributed by atoms with Gasteiger partial charge in [0.1, 0.15) is 12.1 Å². The molecule has 4 amide bonds. The average molecular weight is 438 g/mol. The number of carbonyl (C=O) groups excluding carboxylic acids is 3. The molecule has 0 spiro atoms. The second kappa shape index (κ2) is 7.89. The van der Waals surface area contributed by atoms with E-state index < -0.39 is 11.6 Å². The molecule has 4 saturated carbocycles. The fourth-order valence-corrected chi connectivity index (χ4v) is 7.67. The Hall–Kier alpha value is -2.37. The summed E-state index contributed by atoms with van der Waals surface area (Å²) in [6.45, 7) is 3.90. The predicted molar refractivity (Wildman–Crippen MR) is 121 cm³/mol. The van der Waals surface area contributed by atoms with E-state index in [1.54, 1.807) is 0 Å². The van der Waals surface area contributed by atoms with Gasteiger partial charge >= 0.3 is 6.03 Å². The highest BCUT2D eigenvalue weighted by molar-refractivity contribution is 6.09. The first-order valence-electron chi connectivity index (χ1n) is 12.3. The van der Waals surface area contributed by atoms with Crippen LogP contribution in [-0.2, 0) is 15.1 Å². The lowest BCUT2D eigenvalue weighted by molar-refractivity contribution is -0.136. The lowest BCUT2D eigenvalue weighted by Gasteiger charge is -2.59. The Balaban J connectivity index is 1.28. The van der Waals surface area contributed by atoms with Crippen molar-refractivity contribution >= 4 is 17.8 Å². The van der Waals surface area contributed by atoms with E-state index in [0.29, 0.717) is 6.42 Å². The highest BCUT2D eigenvalue weighted by Gasteiger charge is 2.54. The topological polar surface area (TPSA) is 78.5 Å². The minimum atomic E-state index is -1.08. The third kappa shape index (κ3) is 3.43. The van der Waals surface area contributed by atoms with Crippen LogP contribution in [0.4, 0.5) is 4.79 Å². The molecule has 1 aromatic rings. The minimum Gasteiger partial charge on any atom is -0.352 e. The van der Waals surface area contributed by atoms with Gasteiger partial charge < -0.3 is 10.6 Å². The molecule has 1 aromatic carbocycles. The van der Waals surface area contributed by atoms with Gasteiger partial charge in [-0.15, -0.1) is 0 Å². The van der Waals surface area contributed by atoms with Crippen LogP contribution < -0.4 is 10.6 Å². The predicted octanol–water partition coefficient (Wildman–Crippen LogP) is 3.95. The highest BCUT2D eigenvalue weighted by atomic mass is 16.2. The minimum absolute atomic E-state index is 0.0682. The maximum atomic E-state index is 13.4. The van der Waals surface area contributed by atoms with Crippen molar-refractivity contribution in [2.45, 2.75) is 76.8 Å². The van der Waals surface area contributed by atoms with Gasteiger partial charge in [0.25, 0.3) is 5.91 Å². The number of nitrogens with zero attached hydrogens (tertiary/aromatic N) is 1. The van der Waals surface area contributed by atoms with Gasteiger partial charge in [-0.3, -0.25) is 14.5 Å². The quantitative estimate of drug-likeness (QED) is 0.634. The number of amides is 4. The summed E-state index contributed by atoms with van der Waals surface area (Å²) in [7, 11) is 0. The fraction of sp³-hybridized carbons (Fsp3) is 0.654. The molecule has 6 rings (SSSR count). The molecule has 6 nitrogen and oxygen atoms in total. The van der Waals surface area contributed by atoms with Crippen molar-refractivity contribution in [2.75, 3.05) is 6.54 Å². The van der Waals surface area contributed by atoms with E-state index in [1.807, 2.05) is 37.3 Å². The molecule has 6 heteroatoms. The second-order valence-electron chi connectivity index (χ2n) is 10.9. The smallest absolute Gasteiger partial charge is 0.325 e. The van der Waals surface area contributed by atoms with E-state index in [2.05, 4.69) is 17.6 Å². The van der Waals surface area contributed by atoms with Crippen molar-refractivity contribution in [1.82, 2.24) is 15.5 Å². The monoisotopic (exact) mass is 437 g/mol. The van der Waals surface area contributed by atoms with Crippen LogP contribution in [0.3, 0.4) is 0 Å². The number of urea groups is 1. The molecule has 172 valence electrons. The largest absolute Gasteiger partial charge is 0.352 e. The molecule has 4 bridgehead atoms. The van der Waals surface area contributed by atoms with Crippen LogP contribution in [0.2, 0.25) is 0 Å². The van der Waals surface area contributed by atoms with Gasteiger partial charge in [0.2, 0.25) is 5.91 Å². The molecule has 32 heavy (non-hydrogen) atoms. The molecule has 2 atom stereocenters. The van der Waals surface area contributed by atoms with Crippen LogP contribution in [0.25, 0.3) is 0 Å². The van der Waals surface area contributed by atoms with Crippen LogP contribution in [0.5, 0.6) is 0 Å². The second-order valence-corrected chi connectivity index (χ2v) is 10.9. The molecule has 0 aromatic heterocycles. The standard InChI is InChI=1S/C26H35N3O3/c1-3-9-26(21-7-5-4-6-8-21)23(31)29(24(32)28-26)16-22(30)27-17(2)25-13-18-10-19(14-25)12-20(11-18)15-25/h4-8,17-20H,3,9-16H2,1-2H3,(H,27,30)(H,28,32)/t17-,18?,19?,20?,25?,26+/m1/s1. The van der Waals surface area contributed by atoms with Gasteiger partial charge in [0.05, 0.1) is 0 Å². The Morgan fingerprint density at radius 1 is 1.09 bits per heavy atom. The third-order valence-electron chi connectivity index (χ3n) is 8.75. The van der Waals surface area contributed by atoms with Crippen molar-refractivity contribution in [3.8, 4) is 0 Å². The normalized spacial score (nSPS) is 36.3. The van der Waals surface area contributed by atoms with E-state index in [9.17, 15) is 14.4 Å². The molecule has 5 fully saturated rings. The average Bonchev–Trinajstić information content (AvgIpc) is 2.99. The first-order valence-corrected chi connectivity index (χ1v) is 12.3. The lowest BCUT2D eigenvalue weighted by Crippen LogP contribution is -2.57. The molecular weight excluding hydrogens is 402 g/mol. The fourth-order valence-electron chi connectivity index (χ4n) is 7.67. The van der Waals surface area contributed by atoms with Crippen LogP contribution >= 0.6 is 0 Å². The van der Waals surface area contributed by atoms with Crippen molar-refractivity contribution in [2.24, 2.45) is 23.2 Å². The molecule has 1 aliphatic heterocycles. The lowest BCUT2D eigenvalue weighted by atomic mass is 9.48. The Labute approximate surface area is 190 Å². The van der Waals surface area contributed by atoms with E-state index >= 15 is 0 Å². The van der Waals surface area contributed by atoms with E-state index in [-0.39, 0.29) is 29.8 Å². The summed E-state index contributed by atoms with van der Waals surface area (Å²) in [6.07, 6.45) is 8.95. The zero-order valence-corrected chi connectivity index (χ0v) is 19.2. The van der Waals surface area contributed by atoms with Crippen molar-refractivity contribution in [3.05, 3.63) is 35.9 Å². The van der Waals surface area contributed by atoms with Crippen LogP contribution in [0.15, 0.2) is 30.3 Å². The summed E-state index contributed by atoms with van der Waals surface area (Å²) in [6, 6.07) is 8.95. The first-order chi connectivity index (χ1) is 15.3. The van der Waals surface area contributed by atoms with Crippen LogP contribution in [0.1, 0.15) is 70.8 Å². The van der Waals surface area contributed by atoms with Gasteiger partial charge in [-0.1, -0.05) is 43.7 Å². The van der Waals surface area contributed by atoms with Gasteiger partial charge in [-0.05, 0) is 80.6 Å². The molecule has 0 radical (unpaired) electrons. The summed E-state index contributed by atoms with van der Waals surface area (Å²) in [4.78, 5) is 40.4. The number of rotatable bonds is 7. The van der Waals surface area contributed by atoms with Gasteiger partial charge in [-0.25, -0.2) is 4.79 Å². The van der Waals surface area contributed by atoms with Gasteiger partial charge in [-0.2, -0.15) is 0 Å². The number of benzene rings is 1. The zero-order chi connectivity index (χ0) is 22.5. The van der Waals surface area contributed by atoms with E-state index in [4.69, 9.17) is 0 Å². The molecule has 0 unspecified atom stereocenters. The van der Waals surface area contributed by atoms with E-state index in [0.717, 1.165) is 34.6 Å². The zero-order valence-electron chi connectivity index (χ0n) is 19.2. The summed E-state index contributed by atoms with van der Waals surface area (Å²) in [5.41, 5.74) is -0.124. The summed E-state index contributed by atoms with van der Waals surface area (Å²) in [5, 5.41) is 6.10. The SMILES string of the molecule is CCC[C@@]1(c2ccccc2)NC(=O)N(CC(=O)N[C@H](C)C23CC4CC(CC(C4)C2)C3)C1=O. The number of hydrogen-bond acceptors (Lipinski definition) is 3. The van der Waals surface area contributed by atoms with Crippen LogP contribution in [-0.4, -0.2) is 35.3 Å². The Morgan fingerprint density at radius 3 is 2.25 bits per heavy atom. The van der Waals surface area contributed by atoms with Crippen molar-refractivity contribution in [1.29, 1.82) is 0 Å². The Kier molecular flexibility index (Phi) is 5.30. The number of carbonyl (C=O) groups is 3. The number of imide groups is 1. The first kappa shape index (κ1) is 21.5. The van der Waals surface area contributed by atoms with Gasteiger partial charge in [0, 0.05) is 6.04 Å². The molecule has 5 aliphatic rings.